The Bertz CT molecular complexity index is 984. The molecule has 33 heavy (non-hydrogen) atoms. The van der Waals surface area contributed by atoms with Crippen molar-refractivity contribution in [2.75, 3.05) is 13.6 Å². The number of likely N-dealkylation sites (N-methyl/N-ethyl adjacent to an activating group) is 1. The first kappa shape index (κ1) is 23.9. The second-order valence-electron chi connectivity index (χ2n) is 9.08. The van der Waals surface area contributed by atoms with Crippen LogP contribution in [0.4, 0.5) is 4.79 Å². The number of benzene rings is 1. The largest absolute Gasteiger partial charge is 0.340 e. The summed E-state index contributed by atoms with van der Waals surface area (Å²) in [7, 11) is 1.79. The molecule has 1 aromatic rings. The Labute approximate surface area is 206 Å². The Kier molecular flexibility index (Phi) is 7.82. The molecule has 5 nitrogen and oxygen atoms in total. The molecule has 1 aromatic carbocycles. The highest BCUT2D eigenvalue weighted by molar-refractivity contribution is 6.30. The molecule has 1 heterocycles. The summed E-state index contributed by atoms with van der Waals surface area (Å²) in [6, 6.07) is 6.85. The summed E-state index contributed by atoms with van der Waals surface area (Å²) in [5, 5.41) is 4.73. The van der Waals surface area contributed by atoms with Gasteiger partial charge in [-0.05, 0) is 67.4 Å². The quantitative estimate of drug-likeness (QED) is 0.583. The van der Waals surface area contributed by atoms with Crippen LogP contribution in [-0.4, -0.2) is 47.4 Å². The van der Waals surface area contributed by atoms with Crippen LogP contribution in [0.15, 0.2) is 58.7 Å². The monoisotopic (exact) mass is 487 g/mol. The number of likely N-dealkylation sites (tertiary alicyclic amines) is 1. The third-order valence-electron chi connectivity index (χ3n) is 6.73. The minimum Gasteiger partial charge on any atom is -0.340 e. The first-order chi connectivity index (χ1) is 15.9. The molecule has 2 atom stereocenters. The summed E-state index contributed by atoms with van der Waals surface area (Å²) in [6.45, 7) is 1.08. The van der Waals surface area contributed by atoms with Crippen LogP contribution < -0.4 is 5.32 Å². The van der Waals surface area contributed by atoms with Crippen LogP contribution >= 0.6 is 23.2 Å². The molecule has 1 N–H and O–H groups in total. The Morgan fingerprint density at radius 2 is 1.94 bits per heavy atom. The lowest BCUT2D eigenvalue weighted by molar-refractivity contribution is -0.134. The fourth-order valence-corrected chi connectivity index (χ4v) is 5.36. The van der Waals surface area contributed by atoms with Crippen molar-refractivity contribution >= 4 is 35.1 Å². The standard InChI is InChI=1S/C26H31Cl2N3O2/c1-30(17-18-11-13-20(27)14-12-18)25(32)24-10-5-15-31(24)26(33)29-23-9-4-7-19-6-2-3-8-21(28)16-22(19)23/h2,6,8,11-14,23-24H,3-5,7,9-10,15-17H2,1H3,(H,29,33)/b6-2?,21-8+/t23-,24+/m0/s1. The van der Waals surface area contributed by atoms with Crippen molar-refractivity contribution in [1.29, 1.82) is 0 Å². The van der Waals surface area contributed by atoms with Crippen molar-refractivity contribution in [3.63, 3.8) is 0 Å². The summed E-state index contributed by atoms with van der Waals surface area (Å²) >= 11 is 12.4. The van der Waals surface area contributed by atoms with Crippen LogP contribution in [0, 0.1) is 0 Å². The molecule has 0 radical (unpaired) electrons. The van der Waals surface area contributed by atoms with E-state index in [9.17, 15) is 9.59 Å². The summed E-state index contributed by atoms with van der Waals surface area (Å²) in [4.78, 5) is 29.9. The van der Waals surface area contributed by atoms with Crippen molar-refractivity contribution in [3.8, 4) is 0 Å². The highest BCUT2D eigenvalue weighted by Crippen LogP contribution is 2.33. The minimum atomic E-state index is -0.431. The zero-order valence-electron chi connectivity index (χ0n) is 19.0. The van der Waals surface area contributed by atoms with Gasteiger partial charge in [0.15, 0.2) is 0 Å². The van der Waals surface area contributed by atoms with Gasteiger partial charge in [-0.15, -0.1) is 0 Å². The molecule has 1 fully saturated rings. The number of carbonyl (C=O) groups is 2. The maximum Gasteiger partial charge on any atom is 0.318 e. The van der Waals surface area contributed by atoms with Gasteiger partial charge >= 0.3 is 6.03 Å². The lowest BCUT2D eigenvalue weighted by Gasteiger charge is -2.33. The summed E-state index contributed by atoms with van der Waals surface area (Å²) in [5.74, 6) is -0.0268. The number of nitrogens with zero attached hydrogens (tertiary/aromatic N) is 2. The van der Waals surface area contributed by atoms with Gasteiger partial charge in [-0.3, -0.25) is 4.79 Å². The molecule has 7 heteroatoms. The van der Waals surface area contributed by atoms with Crippen LogP contribution in [0.5, 0.6) is 0 Å². The zero-order valence-corrected chi connectivity index (χ0v) is 20.5. The van der Waals surface area contributed by atoms with Crippen LogP contribution in [0.2, 0.25) is 5.02 Å². The first-order valence-electron chi connectivity index (χ1n) is 11.7. The van der Waals surface area contributed by atoms with E-state index in [0.717, 1.165) is 42.7 Å². The molecule has 176 valence electrons. The molecular weight excluding hydrogens is 457 g/mol. The van der Waals surface area contributed by atoms with E-state index in [2.05, 4.69) is 17.5 Å². The van der Waals surface area contributed by atoms with Gasteiger partial charge in [0, 0.05) is 36.6 Å². The molecule has 3 aliphatic rings. The fourth-order valence-electron chi connectivity index (χ4n) is 5.00. The van der Waals surface area contributed by atoms with Gasteiger partial charge in [-0.2, -0.15) is 0 Å². The molecule has 0 saturated carbocycles. The second kappa shape index (κ2) is 10.8. The van der Waals surface area contributed by atoms with Gasteiger partial charge in [0.05, 0.1) is 6.04 Å². The predicted molar refractivity (Wildman–Crippen MR) is 133 cm³/mol. The topological polar surface area (TPSA) is 52.7 Å². The molecule has 0 aromatic heterocycles. The van der Waals surface area contributed by atoms with Gasteiger partial charge in [0.1, 0.15) is 6.04 Å². The lowest BCUT2D eigenvalue weighted by atomic mass is 9.84. The van der Waals surface area contributed by atoms with Gasteiger partial charge in [0.25, 0.3) is 0 Å². The molecular formula is C26H31Cl2N3O2. The van der Waals surface area contributed by atoms with Crippen LogP contribution in [0.25, 0.3) is 0 Å². The number of allylic oxidation sites excluding steroid dienone is 5. The maximum atomic E-state index is 13.3. The molecule has 4 rings (SSSR count). The average molecular weight is 488 g/mol. The Morgan fingerprint density at radius 1 is 1.15 bits per heavy atom. The Morgan fingerprint density at radius 3 is 2.73 bits per heavy atom. The summed E-state index contributed by atoms with van der Waals surface area (Å²) in [6.07, 6.45) is 12.3. The predicted octanol–water partition coefficient (Wildman–Crippen LogP) is 5.79. The van der Waals surface area contributed by atoms with E-state index in [-0.39, 0.29) is 18.0 Å². The van der Waals surface area contributed by atoms with Crippen LogP contribution in [0.3, 0.4) is 0 Å². The molecule has 0 bridgehead atoms. The van der Waals surface area contributed by atoms with Crippen molar-refractivity contribution in [3.05, 3.63) is 69.3 Å². The van der Waals surface area contributed by atoms with E-state index >= 15 is 0 Å². The average Bonchev–Trinajstić information content (AvgIpc) is 3.28. The molecule has 3 amide bonds. The van der Waals surface area contributed by atoms with Crippen molar-refractivity contribution in [2.24, 2.45) is 0 Å². The molecule has 0 unspecified atom stereocenters. The number of hydrogen-bond acceptors (Lipinski definition) is 2. The van der Waals surface area contributed by atoms with Crippen molar-refractivity contribution < 1.29 is 9.59 Å². The minimum absolute atomic E-state index is 0.0268. The number of urea groups is 1. The maximum absolute atomic E-state index is 13.3. The smallest absolute Gasteiger partial charge is 0.318 e. The zero-order chi connectivity index (χ0) is 23.4. The number of amides is 3. The molecule has 0 spiro atoms. The van der Waals surface area contributed by atoms with Gasteiger partial charge in [0.2, 0.25) is 5.91 Å². The Hall–Kier alpha value is -2.24. The molecule has 1 saturated heterocycles. The number of halogens is 2. The van der Waals surface area contributed by atoms with E-state index < -0.39 is 6.04 Å². The second-order valence-corrected chi connectivity index (χ2v) is 10.0. The van der Waals surface area contributed by atoms with E-state index in [4.69, 9.17) is 23.2 Å². The van der Waals surface area contributed by atoms with E-state index in [0.29, 0.717) is 31.0 Å². The molecule has 2 aliphatic carbocycles. The third kappa shape index (κ3) is 5.82. The van der Waals surface area contributed by atoms with Crippen molar-refractivity contribution in [2.45, 2.75) is 63.6 Å². The van der Waals surface area contributed by atoms with E-state index in [1.54, 1.807) is 16.8 Å². The number of rotatable bonds is 4. The van der Waals surface area contributed by atoms with E-state index in [1.165, 1.54) is 11.1 Å². The lowest BCUT2D eigenvalue weighted by Crippen LogP contribution is -2.52. The summed E-state index contributed by atoms with van der Waals surface area (Å²) < 4.78 is 0. The first-order valence-corrected chi connectivity index (χ1v) is 12.5. The van der Waals surface area contributed by atoms with Crippen molar-refractivity contribution in [1.82, 2.24) is 15.1 Å². The normalized spacial score (nSPS) is 24.5. The Balaban J connectivity index is 1.43. The number of hydrogen-bond donors (Lipinski definition) is 1. The highest BCUT2D eigenvalue weighted by Gasteiger charge is 2.37. The summed E-state index contributed by atoms with van der Waals surface area (Å²) in [5.41, 5.74) is 3.50. The number of carbonyl (C=O) groups excluding carboxylic acids is 2. The van der Waals surface area contributed by atoms with Crippen LogP contribution in [-0.2, 0) is 11.3 Å². The van der Waals surface area contributed by atoms with Gasteiger partial charge in [-0.25, -0.2) is 4.79 Å². The van der Waals surface area contributed by atoms with E-state index in [1.807, 2.05) is 30.3 Å². The SMILES string of the molecule is CN(Cc1ccc(Cl)cc1)C(=O)[C@H]1CCCN1C(=O)N[C@H]1CCCC2=C1C/C(Cl)=C\CC=C2. The van der Waals surface area contributed by atoms with Crippen LogP contribution in [0.1, 0.15) is 50.5 Å². The van der Waals surface area contributed by atoms with Gasteiger partial charge in [-0.1, -0.05) is 53.6 Å². The third-order valence-corrected chi connectivity index (χ3v) is 7.27. The fraction of sp³-hybridized carbons (Fsp3) is 0.462. The number of nitrogens with one attached hydrogen (secondary N) is 1. The van der Waals surface area contributed by atoms with Gasteiger partial charge < -0.3 is 15.1 Å². The highest BCUT2D eigenvalue weighted by atomic mass is 35.5. The molecule has 1 aliphatic heterocycles.